The van der Waals surface area contributed by atoms with Crippen LogP contribution in [0.4, 0.5) is 16.5 Å². The van der Waals surface area contributed by atoms with E-state index in [1.807, 2.05) is 30.3 Å². The molecule has 1 heterocycles. The van der Waals surface area contributed by atoms with Gasteiger partial charge in [0, 0.05) is 11.1 Å². The molecule has 12 heteroatoms. The molecule has 172 valence electrons. The zero-order valence-corrected chi connectivity index (χ0v) is 19.4. The Bertz CT molecular complexity index is 1460. The standard InChI is InChI=1S/C22H18N6O4S2/c1-14(29)20(21(30)24-19-8-4-6-15-5-2-3-7-18(15)19)26-25-16-9-11-17(12-10-16)34(31,32)28-22-27-23-13-33-22/h2-13,20H,1H3,(H,24,30)(H,27,28)/t20-/m1/s1. The highest BCUT2D eigenvalue weighted by atomic mass is 32.2. The number of anilines is 2. The Morgan fingerprint density at radius 1 is 1.00 bits per heavy atom. The van der Waals surface area contributed by atoms with Crippen LogP contribution in [-0.2, 0) is 19.6 Å². The highest BCUT2D eigenvalue weighted by Crippen LogP contribution is 2.24. The van der Waals surface area contributed by atoms with Crippen LogP contribution in [0.2, 0.25) is 0 Å². The molecule has 1 aromatic heterocycles. The number of benzene rings is 3. The molecule has 2 N–H and O–H groups in total. The fourth-order valence-electron chi connectivity index (χ4n) is 3.06. The third-order valence-electron chi connectivity index (χ3n) is 4.70. The minimum Gasteiger partial charge on any atom is -0.323 e. The van der Waals surface area contributed by atoms with E-state index in [-0.39, 0.29) is 15.7 Å². The van der Waals surface area contributed by atoms with Crippen molar-refractivity contribution >= 4 is 60.3 Å². The van der Waals surface area contributed by atoms with E-state index in [1.165, 1.54) is 36.7 Å². The number of hydrogen-bond donors (Lipinski definition) is 2. The lowest BCUT2D eigenvalue weighted by atomic mass is 10.1. The Balaban J connectivity index is 1.49. The van der Waals surface area contributed by atoms with Crippen LogP contribution in [0.5, 0.6) is 0 Å². The van der Waals surface area contributed by atoms with E-state index in [0.29, 0.717) is 5.69 Å². The first-order chi connectivity index (χ1) is 16.3. The molecule has 4 rings (SSSR count). The lowest BCUT2D eigenvalue weighted by Crippen LogP contribution is -2.31. The van der Waals surface area contributed by atoms with Gasteiger partial charge in [0.2, 0.25) is 11.2 Å². The van der Waals surface area contributed by atoms with Gasteiger partial charge in [0.15, 0.2) is 5.78 Å². The maximum Gasteiger partial charge on any atom is 0.263 e. The fraction of sp³-hybridized carbons (Fsp3) is 0.0909. The number of Topliss-reactive ketones (excluding diaryl/α,β-unsaturated/α-hetero) is 1. The molecule has 0 fully saturated rings. The summed E-state index contributed by atoms with van der Waals surface area (Å²) in [5.41, 5.74) is 2.24. The molecule has 0 radical (unpaired) electrons. The average Bonchev–Trinajstić information content (AvgIpc) is 3.32. The van der Waals surface area contributed by atoms with Crippen molar-refractivity contribution in [2.24, 2.45) is 10.2 Å². The van der Waals surface area contributed by atoms with Gasteiger partial charge in [0.25, 0.3) is 15.9 Å². The van der Waals surface area contributed by atoms with E-state index in [1.54, 1.807) is 12.1 Å². The molecule has 0 aliphatic carbocycles. The summed E-state index contributed by atoms with van der Waals surface area (Å²) in [6, 6.07) is 17.1. The summed E-state index contributed by atoms with van der Waals surface area (Å²) in [6.45, 7) is 1.25. The summed E-state index contributed by atoms with van der Waals surface area (Å²) in [7, 11) is -3.84. The molecule has 0 aliphatic rings. The number of hydrogen-bond acceptors (Lipinski definition) is 9. The van der Waals surface area contributed by atoms with Crippen LogP contribution in [0.25, 0.3) is 10.8 Å². The van der Waals surface area contributed by atoms with E-state index in [2.05, 4.69) is 30.5 Å². The normalized spacial score (nSPS) is 12.5. The fourth-order valence-corrected chi connectivity index (χ4v) is 4.75. The quantitative estimate of drug-likeness (QED) is 0.278. The van der Waals surface area contributed by atoms with Crippen LogP contribution in [0.1, 0.15) is 6.92 Å². The Hall–Kier alpha value is -4.03. The molecular formula is C22H18N6O4S2. The highest BCUT2D eigenvalue weighted by Gasteiger charge is 2.24. The number of amides is 1. The van der Waals surface area contributed by atoms with Gasteiger partial charge in [0.1, 0.15) is 5.51 Å². The molecule has 0 aliphatic heterocycles. The number of carbonyl (C=O) groups excluding carboxylic acids is 2. The Labute approximate surface area is 198 Å². The number of ketones is 1. The lowest BCUT2D eigenvalue weighted by Gasteiger charge is -2.11. The molecule has 0 unspecified atom stereocenters. The van der Waals surface area contributed by atoms with Gasteiger partial charge in [-0.1, -0.05) is 47.7 Å². The number of nitrogens with one attached hydrogen (secondary N) is 2. The number of nitrogens with zero attached hydrogens (tertiary/aromatic N) is 4. The number of fused-ring (bicyclic) bond motifs is 1. The van der Waals surface area contributed by atoms with Crippen molar-refractivity contribution in [2.75, 3.05) is 10.0 Å². The summed E-state index contributed by atoms with van der Waals surface area (Å²) in [4.78, 5) is 24.8. The summed E-state index contributed by atoms with van der Waals surface area (Å²) in [5, 5.41) is 19.7. The summed E-state index contributed by atoms with van der Waals surface area (Å²) < 4.78 is 27.1. The molecule has 10 nitrogen and oxygen atoms in total. The van der Waals surface area contributed by atoms with Gasteiger partial charge in [0.05, 0.1) is 10.6 Å². The molecule has 0 saturated heterocycles. The zero-order chi connectivity index (χ0) is 24.1. The molecular weight excluding hydrogens is 476 g/mol. The Kier molecular flexibility index (Phi) is 6.70. The second-order valence-electron chi connectivity index (χ2n) is 7.09. The smallest absolute Gasteiger partial charge is 0.263 e. The number of aromatic nitrogens is 2. The van der Waals surface area contributed by atoms with Gasteiger partial charge < -0.3 is 5.32 Å². The van der Waals surface area contributed by atoms with E-state index in [0.717, 1.165) is 22.1 Å². The first-order valence-electron chi connectivity index (χ1n) is 9.92. The molecule has 4 aromatic rings. The van der Waals surface area contributed by atoms with E-state index < -0.39 is 27.8 Å². The number of rotatable bonds is 8. The SMILES string of the molecule is CC(=O)[C@@H](N=Nc1ccc(S(=O)(=O)Nc2nncs2)cc1)C(=O)Nc1cccc2ccccc12. The minimum atomic E-state index is -3.84. The van der Waals surface area contributed by atoms with Gasteiger partial charge in [-0.2, -0.15) is 10.2 Å². The van der Waals surface area contributed by atoms with Crippen molar-refractivity contribution in [3.63, 3.8) is 0 Å². The molecule has 1 atom stereocenters. The number of azo groups is 1. The molecule has 0 saturated carbocycles. The second-order valence-corrected chi connectivity index (χ2v) is 9.60. The van der Waals surface area contributed by atoms with Crippen LogP contribution >= 0.6 is 11.3 Å². The number of carbonyl (C=O) groups is 2. The van der Waals surface area contributed by atoms with Crippen molar-refractivity contribution in [2.45, 2.75) is 17.9 Å². The maximum absolute atomic E-state index is 12.8. The predicted molar refractivity (Wildman–Crippen MR) is 129 cm³/mol. The van der Waals surface area contributed by atoms with Crippen LogP contribution in [0, 0.1) is 0 Å². The first kappa shape index (κ1) is 23.1. The third-order valence-corrected chi connectivity index (χ3v) is 6.79. The van der Waals surface area contributed by atoms with Crippen molar-refractivity contribution in [1.29, 1.82) is 0 Å². The van der Waals surface area contributed by atoms with Gasteiger partial charge in [-0.15, -0.1) is 10.2 Å². The Morgan fingerprint density at radius 3 is 2.44 bits per heavy atom. The van der Waals surface area contributed by atoms with Crippen molar-refractivity contribution < 1.29 is 18.0 Å². The largest absolute Gasteiger partial charge is 0.323 e. The Morgan fingerprint density at radius 2 is 1.74 bits per heavy atom. The van der Waals surface area contributed by atoms with Gasteiger partial charge in [-0.3, -0.25) is 14.3 Å². The third kappa shape index (κ3) is 5.30. The van der Waals surface area contributed by atoms with Crippen molar-refractivity contribution in [3.8, 4) is 0 Å². The van der Waals surface area contributed by atoms with Gasteiger partial charge in [-0.05, 0) is 42.6 Å². The van der Waals surface area contributed by atoms with Crippen molar-refractivity contribution in [1.82, 2.24) is 10.2 Å². The highest BCUT2D eigenvalue weighted by molar-refractivity contribution is 7.93. The van der Waals surface area contributed by atoms with Crippen molar-refractivity contribution in [3.05, 3.63) is 72.2 Å². The molecule has 0 spiro atoms. The van der Waals surface area contributed by atoms with E-state index in [4.69, 9.17) is 0 Å². The van der Waals surface area contributed by atoms with Crippen LogP contribution < -0.4 is 10.0 Å². The summed E-state index contributed by atoms with van der Waals surface area (Å²) in [5.74, 6) is -1.10. The minimum absolute atomic E-state index is 0.0153. The van der Waals surface area contributed by atoms with E-state index in [9.17, 15) is 18.0 Å². The zero-order valence-electron chi connectivity index (χ0n) is 17.7. The average molecular weight is 495 g/mol. The van der Waals surface area contributed by atoms with E-state index >= 15 is 0 Å². The van der Waals surface area contributed by atoms with Crippen LogP contribution in [-0.4, -0.2) is 36.3 Å². The van der Waals surface area contributed by atoms with Gasteiger partial charge in [-0.25, -0.2) is 8.42 Å². The number of sulfonamides is 1. The maximum atomic E-state index is 12.8. The monoisotopic (exact) mass is 494 g/mol. The first-order valence-corrected chi connectivity index (χ1v) is 12.3. The lowest BCUT2D eigenvalue weighted by molar-refractivity contribution is -0.126. The predicted octanol–water partition coefficient (Wildman–Crippen LogP) is 4.17. The topological polar surface area (TPSA) is 143 Å². The summed E-state index contributed by atoms with van der Waals surface area (Å²) >= 11 is 1.05. The molecule has 34 heavy (non-hydrogen) atoms. The van der Waals surface area contributed by atoms with Gasteiger partial charge >= 0.3 is 0 Å². The summed E-state index contributed by atoms with van der Waals surface area (Å²) in [6.07, 6.45) is 0. The van der Waals surface area contributed by atoms with Crippen LogP contribution in [0.15, 0.2) is 87.4 Å². The second kappa shape index (κ2) is 9.85. The van der Waals surface area contributed by atoms with Crippen LogP contribution in [0.3, 0.4) is 0 Å². The molecule has 0 bridgehead atoms. The molecule has 3 aromatic carbocycles. The molecule has 1 amide bonds.